The monoisotopic (exact) mass is 472 g/mol. The first-order valence-electron chi connectivity index (χ1n) is 11.7. The first-order chi connectivity index (χ1) is 16.5. The molecule has 0 radical (unpaired) electrons. The van der Waals surface area contributed by atoms with Crippen LogP contribution in [0, 0.1) is 6.92 Å². The second kappa shape index (κ2) is 9.60. The highest BCUT2D eigenvalue weighted by atomic mass is 32.2. The summed E-state index contributed by atoms with van der Waals surface area (Å²) in [6.07, 6.45) is 6.72. The summed E-state index contributed by atoms with van der Waals surface area (Å²) in [5.41, 5.74) is 5.61. The fourth-order valence-corrected chi connectivity index (χ4v) is 5.46. The minimum atomic E-state index is -0.341. The molecule has 2 saturated heterocycles. The zero-order chi connectivity index (χ0) is 23.7. The van der Waals surface area contributed by atoms with Gasteiger partial charge in [-0.25, -0.2) is 0 Å². The molecule has 0 spiro atoms. The van der Waals surface area contributed by atoms with E-state index in [1.165, 1.54) is 24.2 Å². The second-order valence-corrected chi connectivity index (χ2v) is 9.86. The predicted octanol–water partition coefficient (Wildman–Crippen LogP) is 5.07. The molecule has 0 aliphatic carbocycles. The summed E-state index contributed by atoms with van der Waals surface area (Å²) < 4.78 is 0. The molecule has 1 N–H and O–H groups in total. The summed E-state index contributed by atoms with van der Waals surface area (Å²) in [5, 5.41) is 4.08. The minimum absolute atomic E-state index is 0.329. The summed E-state index contributed by atoms with van der Waals surface area (Å²) in [6, 6.07) is 12.7. The van der Waals surface area contributed by atoms with Gasteiger partial charge in [0.1, 0.15) is 0 Å². The van der Waals surface area contributed by atoms with Crippen molar-refractivity contribution in [1.29, 1.82) is 0 Å². The van der Waals surface area contributed by atoms with Crippen LogP contribution in [0.1, 0.15) is 24.5 Å². The maximum absolute atomic E-state index is 12.0. The van der Waals surface area contributed by atoms with Crippen LogP contribution >= 0.6 is 11.8 Å². The number of nitrogens with one attached hydrogen (secondary N) is 1. The van der Waals surface area contributed by atoms with Crippen LogP contribution in [0.3, 0.4) is 0 Å². The fraction of sp³-hybridized carbons (Fsp3) is 0.296. The van der Waals surface area contributed by atoms with Crippen molar-refractivity contribution < 1.29 is 9.59 Å². The maximum atomic E-state index is 12.0. The van der Waals surface area contributed by atoms with Gasteiger partial charge in [0.05, 0.1) is 4.91 Å². The molecule has 7 heteroatoms. The third-order valence-electron chi connectivity index (χ3n) is 6.49. The van der Waals surface area contributed by atoms with Crippen molar-refractivity contribution in [3.8, 4) is 11.1 Å². The van der Waals surface area contributed by atoms with E-state index in [2.05, 4.69) is 58.2 Å². The van der Waals surface area contributed by atoms with Crippen molar-refractivity contribution in [2.45, 2.75) is 20.3 Å². The number of imide groups is 1. The van der Waals surface area contributed by atoms with Crippen LogP contribution in [0.15, 0.2) is 53.7 Å². The van der Waals surface area contributed by atoms with Crippen LogP contribution in [0.2, 0.25) is 0 Å². The first kappa shape index (κ1) is 22.6. The smallest absolute Gasteiger partial charge is 0.290 e. The molecule has 3 aromatic rings. The van der Waals surface area contributed by atoms with Crippen LogP contribution < -0.4 is 10.2 Å². The number of rotatable bonds is 5. The van der Waals surface area contributed by atoms with E-state index < -0.39 is 0 Å². The maximum Gasteiger partial charge on any atom is 0.290 e. The van der Waals surface area contributed by atoms with Gasteiger partial charge in [0.25, 0.3) is 11.1 Å². The summed E-state index contributed by atoms with van der Waals surface area (Å²) in [6.45, 7) is 9.94. The van der Waals surface area contributed by atoms with Gasteiger partial charge in [-0.1, -0.05) is 25.1 Å². The third-order valence-corrected chi connectivity index (χ3v) is 7.30. The van der Waals surface area contributed by atoms with Crippen molar-refractivity contribution in [2.24, 2.45) is 0 Å². The lowest BCUT2D eigenvalue weighted by molar-refractivity contribution is -0.115. The normalized spacial score (nSPS) is 18.2. The number of aryl methyl sites for hydroxylation is 1. The molecule has 3 heterocycles. The number of carbonyl (C=O) groups excluding carboxylic acids is 2. The van der Waals surface area contributed by atoms with E-state index in [1.54, 1.807) is 6.08 Å². The van der Waals surface area contributed by atoms with Crippen LogP contribution in [0.5, 0.6) is 0 Å². The van der Waals surface area contributed by atoms with Gasteiger partial charge in [-0.2, -0.15) is 0 Å². The topological polar surface area (TPSA) is 65.5 Å². The highest BCUT2D eigenvalue weighted by Crippen LogP contribution is 2.33. The van der Waals surface area contributed by atoms with Crippen molar-refractivity contribution >= 4 is 45.4 Å². The van der Waals surface area contributed by atoms with E-state index in [1.807, 2.05) is 24.5 Å². The van der Waals surface area contributed by atoms with Gasteiger partial charge >= 0.3 is 0 Å². The number of hydrogen-bond donors (Lipinski definition) is 1. The minimum Gasteiger partial charge on any atom is -0.369 e. The SMILES string of the molecule is CCCN1CCN(c2ccc(-c3cncc4ccc(C=C5SC(=O)NC5=O)cc34)cc2C)CC1. The van der Waals surface area contributed by atoms with E-state index in [-0.39, 0.29) is 11.1 Å². The third kappa shape index (κ3) is 4.58. The van der Waals surface area contributed by atoms with Crippen molar-refractivity contribution in [2.75, 3.05) is 37.6 Å². The molecule has 0 unspecified atom stereocenters. The largest absolute Gasteiger partial charge is 0.369 e. The van der Waals surface area contributed by atoms with Crippen LogP contribution in [-0.4, -0.2) is 53.8 Å². The molecule has 0 saturated carbocycles. The van der Waals surface area contributed by atoms with E-state index in [4.69, 9.17) is 0 Å². The molecule has 2 amide bonds. The number of piperazine rings is 1. The number of nitrogens with zero attached hydrogens (tertiary/aromatic N) is 3. The molecule has 6 nitrogen and oxygen atoms in total. The van der Waals surface area contributed by atoms with Gasteiger partial charge in [-0.05, 0) is 78.0 Å². The van der Waals surface area contributed by atoms with E-state index in [0.29, 0.717) is 4.91 Å². The summed E-state index contributed by atoms with van der Waals surface area (Å²) in [5.74, 6) is -0.341. The first-order valence-corrected chi connectivity index (χ1v) is 12.5. The Morgan fingerprint density at radius 3 is 2.59 bits per heavy atom. The van der Waals surface area contributed by atoms with Gasteiger partial charge < -0.3 is 4.90 Å². The molecule has 2 aliphatic rings. The van der Waals surface area contributed by atoms with E-state index in [0.717, 1.165) is 65.4 Å². The Bertz CT molecular complexity index is 1300. The molecular weight excluding hydrogens is 444 g/mol. The number of aromatic nitrogens is 1. The lowest BCUT2D eigenvalue weighted by atomic mass is 9.97. The summed E-state index contributed by atoms with van der Waals surface area (Å²) >= 11 is 0.936. The number of anilines is 1. The second-order valence-electron chi connectivity index (χ2n) is 8.85. The molecule has 2 aromatic carbocycles. The average molecular weight is 473 g/mol. The van der Waals surface area contributed by atoms with E-state index >= 15 is 0 Å². The van der Waals surface area contributed by atoms with Crippen molar-refractivity contribution in [3.63, 3.8) is 0 Å². The molecule has 174 valence electrons. The molecule has 2 fully saturated rings. The molecule has 34 heavy (non-hydrogen) atoms. The molecule has 2 aliphatic heterocycles. The Kier molecular flexibility index (Phi) is 6.39. The van der Waals surface area contributed by atoms with Crippen molar-refractivity contribution in [3.05, 3.63) is 64.8 Å². The Balaban J connectivity index is 1.45. The van der Waals surface area contributed by atoms with Crippen LogP contribution in [0.25, 0.3) is 28.0 Å². The molecule has 5 rings (SSSR count). The highest BCUT2D eigenvalue weighted by Gasteiger charge is 2.25. The zero-order valence-corrected chi connectivity index (χ0v) is 20.3. The van der Waals surface area contributed by atoms with Gasteiger partial charge in [0.15, 0.2) is 0 Å². The van der Waals surface area contributed by atoms with Gasteiger partial charge in [0, 0.05) is 55.2 Å². The van der Waals surface area contributed by atoms with E-state index in [9.17, 15) is 9.59 Å². The lowest BCUT2D eigenvalue weighted by Crippen LogP contribution is -2.46. The number of benzene rings is 2. The van der Waals surface area contributed by atoms with Gasteiger partial charge in [0.2, 0.25) is 0 Å². The molecule has 0 bridgehead atoms. The zero-order valence-electron chi connectivity index (χ0n) is 19.5. The Labute approximate surface area is 204 Å². The Morgan fingerprint density at radius 1 is 1.06 bits per heavy atom. The highest BCUT2D eigenvalue weighted by molar-refractivity contribution is 8.18. The lowest BCUT2D eigenvalue weighted by Gasteiger charge is -2.36. The molecular formula is C27H28N4O2S. The Morgan fingerprint density at radius 2 is 1.88 bits per heavy atom. The van der Waals surface area contributed by atoms with Crippen LogP contribution in [-0.2, 0) is 4.79 Å². The van der Waals surface area contributed by atoms with Gasteiger partial charge in [-0.15, -0.1) is 0 Å². The molecule has 0 atom stereocenters. The van der Waals surface area contributed by atoms with Crippen LogP contribution in [0.4, 0.5) is 10.5 Å². The quantitative estimate of drug-likeness (QED) is 0.523. The summed E-state index contributed by atoms with van der Waals surface area (Å²) in [7, 11) is 0. The number of fused-ring (bicyclic) bond motifs is 1. The average Bonchev–Trinajstić information content (AvgIpc) is 3.15. The number of carbonyl (C=O) groups is 2. The van der Waals surface area contributed by atoms with Crippen molar-refractivity contribution in [1.82, 2.24) is 15.2 Å². The number of hydrogen-bond acceptors (Lipinski definition) is 6. The van der Waals surface area contributed by atoms with Gasteiger partial charge in [-0.3, -0.25) is 24.8 Å². The number of thioether (sulfide) groups is 1. The summed E-state index contributed by atoms with van der Waals surface area (Å²) in [4.78, 5) is 33.4. The number of amides is 2. The standard InChI is InChI=1S/C27H28N4O2S/c1-3-8-30-9-11-31(12-10-30)24-7-6-20(13-18(24)2)23-17-28-16-21-5-4-19(14-22(21)23)15-25-26(32)29-27(33)34-25/h4-7,13-17H,3,8-12H2,1-2H3,(H,29,32,33). The molecule has 1 aromatic heterocycles. The predicted molar refractivity (Wildman–Crippen MR) is 140 cm³/mol. The Hall–Kier alpha value is -3.16. The fourth-order valence-electron chi connectivity index (χ4n) is 4.78. The number of pyridine rings is 1.